The molecule has 3 N–H and O–H groups in total. The standard InChI is InChI=1S/C55H74N4O6/c1-13-39-34(7)41-29-46-48(38(11)60)36(9)43(57-46)27-42-35(8)40(52(58-42)50-51(55(63)64-12)54(62)49-37(10)44(59-53(49)50)28-45(39)56-41)23-24-47(61)65-26-25-33(6)22-16-21-32(5)20-15-19-31(4)18-14-17-30(2)3/h17,25,27-29,31-32,34-35,39-40,57,59-60H,13-16,18-24,26H2,1-12H3/b33-25+,42-27?,45-28?,46-29?,48-38?/t31-,32-,34-,35+,39-,40+/m1/s1. The summed E-state index contributed by atoms with van der Waals surface area (Å²) in [6.45, 7) is 23.3. The van der Waals surface area contributed by atoms with Crippen LogP contribution in [0.4, 0.5) is 0 Å². The fourth-order valence-electron chi connectivity index (χ4n) is 10.4. The summed E-state index contributed by atoms with van der Waals surface area (Å²) in [5, 5.41) is 12.1. The summed E-state index contributed by atoms with van der Waals surface area (Å²) in [6.07, 6.45) is 15.3. The third kappa shape index (κ3) is 10.9. The van der Waals surface area contributed by atoms with Crippen LogP contribution in [0.15, 0.2) is 41.5 Å². The molecule has 0 amide bonds. The van der Waals surface area contributed by atoms with E-state index in [1.807, 2.05) is 38.1 Å². The van der Waals surface area contributed by atoms with Crippen LogP contribution in [-0.4, -0.2) is 56.5 Å². The van der Waals surface area contributed by atoms with Crippen molar-refractivity contribution in [1.82, 2.24) is 19.9 Å². The number of ketones is 1. The maximum atomic E-state index is 14.4. The van der Waals surface area contributed by atoms with Gasteiger partial charge in [0, 0.05) is 68.6 Å². The molecular weight excluding hydrogens is 813 g/mol. The quantitative estimate of drug-likeness (QED) is 0.0845. The summed E-state index contributed by atoms with van der Waals surface area (Å²) in [6, 6.07) is 6.04. The lowest BCUT2D eigenvalue weighted by Crippen LogP contribution is -2.22. The number of nitrogens with one attached hydrogen (secondary N) is 2. The average molecular weight is 887 g/mol. The summed E-state index contributed by atoms with van der Waals surface area (Å²) in [4.78, 5) is 58.9. The van der Waals surface area contributed by atoms with Crippen molar-refractivity contribution in [3.05, 3.63) is 91.4 Å². The number of aliphatic hydroxyl groups excluding tert-OH is 1. The molecule has 6 rings (SSSR count). The highest BCUT2D eigenvalue weighted by Gasteiger charge is 2.38. The molecule has 0 unspecified atom stereocenters. The molecule has 3 aliphatic rings. The van der Waals surface area contributed by atoms with Gasteiger partial charge in [-0.3, -0.25) is 19.6 Å². The van der Waals surface area contributed by atoms with Gasteiger partial charge in [0.1, 0.15) is 12.2 Å². The van der Waals surface area contributed by atoms with Gasteiger partial charge in [0.25, 0.3) is 0 Å². The zero-order valence-electron chi connectivity index (χ0n) is 41.2. The lowest BCUT2D eigenvalue weighted by molar-refractivity contribution is -0.142. The van der Waals surface area contributed by atoms with Crippen molar-refractivity contribution in [2.75, 3.05) is 13.7 Å². The van der Waals surface area contributed by atoms with E-state index < -0.39 is 11.8 Å². The number of nitrogens with zero attached hydrogens (tertiary/aromatic N) is 2. The van der Waals surface area contributed by atoms with Crippen molar-refractivity contribution in [1.29, 1.82) is 0 Å². The van der Waals surface area contributed by atoms with Crippen LogP contribution in [0.3, 0.4) is 0 Å². The fourth-order valence-corrected chi connectivity index (χ4v) is 10.4. The molecule has 2 aliphatic heterocycles. The highest BCUT2D eigenvalue weighted by Crippen LogP contribution is 2.41. The SMILES string of the molecule is CC[C@H]1c2cc3[nH]c4c(c3C)C(=O)C(C(=O)OC)=c4c3nc(cc4[nH]c(cc(n2)[C@@H]1C)c(=C(C)O)c4C)[C@@H](C)[C@@H]3CCC(=O)OC/C=C(\C)CCC[C@H](C)CCC[C@H](C)CCC=C(C)C. The molecule has 1 aliphatic carbocycles. The van der Waals surface area contributed by atoms with Crippen molar-refractivity contribution in [3.8, 4) is 0 Å². The summed E-state index contributed by atoms with van der Waals surface area (Å²) < 4.78 is 11.0. The number of ether oxygens (including phenoxy) is 2. The van der Waals surface area contributed by atoms with Crippen LogP contribution in [0.1, 0.15) is 201 Å². The zero-order chi connectivity index (χ0) is 47.3. The molecule has 10 nitrogen and oxygen atoms in total. The first kappa shape index (κ1) is 49.2. The molecule has 3 aromatic rings. The van der Waals surface area contributed by atoms with Gasteiger partial charge in [-0.2, -0.15) is 0 Å². The number of allylic oxidation sites excluding steroid dienone is 3. The Morgan fingerprint density at radius 3 is 2.12 bits per heavy atom. The first-order valence-corrected chi connectivity index (χ1v) is 24.2. The van der Waals surface area contributed by atoms with Gasteiger partial charge in [-0.15, -0.1) is 0 Å². The molecule has 350 valence electrons. The lowest BCUT2D eigenvalue weighted by Gasteiger charge is -2.16. The Labute approximate surface area is 386 Å². The Bertz CT molecular complexity index is 2650. The van der Waals surface area contributed by atoms with E-state index in [0.717, 1.165) is 69.9 Å². The maximum absolute atomic E-state index is 14.4. The molecule has 65 heavy (non-hydrogen) atoms. The predicted octanol–water partition coefficient (Wildman–Crippen LogP) is 12.0. The van der Waals surface area contributed by atoms with Crippen molar-refractivity contribution < 1.29 is 29.0 Å². The molecule has 0 spiro atoms. The summed E-state index contributed by atoms with van der Waals surface area (Å²) >= 11 is 0. The maximum Gasteiger partial charge on any atom is 0.342 e. The Balaban J connectivity index is 1.27. The van der Waals surface area contributed by atoms with E-state index in [9.17, 15) is 19.5 Å². The number of carbonyl (C=O) groups excluding carboxylic acids is 3. The molecule has 0 saturated heterocycles. The number of esters is 2. The van der Waals surface area contributed by atoms with Crippen LogP contribution in [0.2, 0.25) is 0 Å². The minimum atomic E-state index is -0.731. The summed E-state index contributed by atoms with van der Waals surface area (Å²) in [5.41, 5.74) is 10.5. The van der Waals surface area contributed by atoms with Gasteiger partial charge in [0.2, 0.25) is 5.78 Å². The Morgan fingerprint density at radius 1 is 0.815 bits per heavy atom. The van der Waals surface area contributed by atoms with Gasteiger partial charge in [0.05, 0.1) is 35.2 Å². The van der Waals surface area contributed by atoms with E-state index >= 15 is 0 Å². The van der Waals surface area contributed by atoms with Crippen molar-refractivity contribution >= 4 is 51.1 Å². The number of hydrogen-bond acceptors (Lipinski definition) is 8. The first-order chi connectivity index (χ1) is 30.9. The number of aromatic amines is 2. The number of aryl methyl sites for hydroxylation is 2. The van der Waals surface area contributed by atoms with Crippen molar-refractivity contribution in [2.45, 2.75) is 170 Å². The summed E-state index contributed by atoms with van der Waals surface area (Å²) in [7, 11) is 1.28. The number of methoxy groups -OCH3 is 1. The van der Waals surface area contributed by atoms with Gasteiger partial charge >= 0.3 is 11.9 Å². The summed E-state index contributed by atoms with van der Waals surface area (Å²) in [5.74, 6) is -0.114. The largest absolute Gasteiger partial charge is 0.512 e. The number of Topliss-reactive ketones (excluding diaryl/α,β-unsaturated/α-hetero) is 1. The monoisotopic (exact) mass is 887 g/mol. The second-order valence-electron chi connectivity index (χ2n) is 19.7. The number of H-pyrrole nitrogens is 2. The first-order valence-electron chi connectivity index (χ1n) is 24.2. The van der Waals surface area contributed by atoms with Crippen molar-refractivity contribution in [2.24, 2.45) is 11.8 Å². The Morgan fingerprint density at radius 2 is 1.45 bits per heavy atom. The van der Waals surface area contributed by atoms with Crippen LogP contribution in [0, 0.1) is 25.7 Å². The predicted molar refractivity (Wildman–Crippen MR) is 262 cm³/mol. The fraction of sp³-hybridized carbons (Fsp3) is 0.545. The number of aliphatic hydroxyl groups is 1. The van der Waals surface area contributed by atoms with Gasteiger partial charge in [0.15, 0.2) is 0 Å². The second-order valence-corrected chi connectivity index (χ2v) is 19.7. The molecule has 6 atom stereocenters. The smallest absolute Gasteiger partial charge is 0.342 e. The Hall–Kier alpha value is -5.25. The molecule has 10 heteroatoms. The second kappa shape index (κ2) is 21.4. The third-order valence-electron chi connectivity index (χ3n) is 14.5. The third-order valence-corrected chi connectivity index (χ3v) is 14.5. The Kier molecular flexibility index (Phi) is 16.2. The van der Waals surface area contributed by atoms with Gasteiger partial charge in [-0.05, 0) is 127 Å². The molecule has 5 heterocycles. The molecular formula is C55H74N4O6. The molecule has 0 aromatic carbocycles. The number of hydrogen-bond donors (Lipinski definition) is 3. The molecule has 0 saturated carbocycles. The topological polar surface area (TPSA) is 147 Å². The van der Waals surface area contributed by atoms with E-state index in [4.69, 9.17) is 19.4 Å². The van der Waals surface area contributed by atoms with Gasteiger partial charge in [-0.25, -0.2) is 4.79 Å². The van der Waals surface area contributed by atoms with Gasteiger partial charge < -0.3 is 24.5 Å². The number of carbonyl (C=O) groups is 3. The number of aromatic nitrogens is 4. The number of fused-ring (bicyclic) bond motifs is 8. The van der Waals surface area contributed by atoms with Crippen molar-refractivity contribution in [3.63, 3.8) is 0 Å². The van der Waals surface area contributed by atoms with E-state index in [-0.39, 0.29) is 54.0 Å². The highest BCUT2D eigenvalue weighted by molar-refractivity contribution is 6.48. The van der Waals surface area contributed by atoms with E-state index in [2.05, 4.69) is 71.4 Å². The van der Waals surface area contributed by atoms with E-state index in [1.165, 1.54) is 56.8 Å². The highest BCUT2D eigenvalue weighted by atomic mass is 16.5. The lowest BCUT2D eigenvalue weighted by atomic mass is 9.86. The van der Waals surface area contributed by atoms with E-state index in [0.29, 0.717) is 39.6 Å². The average Bonchev–Trinajstić information content (AvgIpc) is 4.00. The van der Waals surface area contributed by atoms with E-state index in [1.54, 1.807) is 6.92 Å². The van der Waals surface area contributed by atoms with Crippen LogP contribution >= 0.6 is 0 Å². The van der Waals surface area contributed by atoms with Gasteiger partial charge in [-0.1, -0.05) is 77.5 Å². The minimum absolute atomic E-state index is 0.0609. The van der Waals surface area contributed by atoms with Crippen LogP contribution in [0.25, 0.3) is 33.4 Å². The zero-order valence-corrected chi connectivity index (χ0v) is 41.2. The minimum Gasteiger partial charge on any atom is -0.512 e. The number of rotatable bonds is 18. The van der Waals surface area contributed by atoms with Crippen LogP contribution in [0.5, 0.6) is 0 Å². The van der Waals surface area contributed by atoms with Crippen LogP contribution < -0.4 is 10.4 Å². The molecule has 0 radical (unpaired) electrons. The molecule has 8 bridgehead atoms. The van der Waals surface area contributed by atoms with Crippen LogP contribution in [-0.2, 0) is 19.1 Å². The molecule has 3 aromatic heterocycles. The molecule has 0 fully saturated rings. The normalized spacial score (nSPS) is 19.6.